The molecule has 3 N–H and O–H groups in total. The third kappa shape index (κ3) is 4.22. The van der Waals surface area contributed by atoms with Crippen LogP contribution in [0.4, 0.5) is 11.6 Å². The molecule has 1 aromatic carbocycles. The summed E-state index contributed by atoms with van der Waals surface area (Å²) in [5.74, 6) is 0.374. The number of thioether (sulfide) groups is 1. The minimum atomic E-state index is -0.171. The zero-order valence-electron chi connectivity index (χ0n) is 9.84. The molecule has 0 atom stereocenters. The number of hydrogen-bond acceptors (Lipinski definition) is 5. The van der Waals surface area contributed by atoms with Crippen LogP contribution in [-0.4, -0.2) is 21.6 Å². The van der Waals surface area contributed by atoms with Gasteiger partial charge in [0, 0.05) is 23.0 Å². The van der Waals surface area contributed by atoms with Crippen LogP contribution in [0.25, 0.3) is 0 Å². The molecule has 0 radical (unpaired) electrons. The van der Waals surface area contributed by atoms with E-state index in [2.05, 4.69) is 31.2 Å². The maximum absolute atomic E-state index is 11.7. The zero-order valence-corrected chi connectivity index (χ0v) is 12.2. The summed E-state index contributed by atoms with van der Waals surface area (Å²) >= 11 is 4.60. The molecule has 0 fully saturated rings. The molecule has 0 saturated heterocycles. The second kappa shape index (κ2) is 6.53. The Morgan fingerprint density at radius 1 is 1.32 bits per heavy atom. The zero-order chi connectivity index (χ0) is 13.7. The fraction of sp³-hybridized carbons (Fsp3) is 0.0833. The molecule has 1 aromatic heterocycles. The van der Waals surface area contributed by atoms with Crippen molar-refractivity contribution in [2.45, 2.75) is 4.90 Å². The first-order valence-corrected chi connectivity index (χ1v) is 7.18. The summed E-state index contributed by atoms with van der Waals surface area (Å²) in [6.45, 7) is 0. The summed E-state index contributed by atoms with van der Waals surface area (Å²) < 4.78 is 0.761. The van der Waals surface area contributed by atoms with Crippen molar-refractivity contribution in [1.29, 1.82) is 0 Å². The van der Waals surface area contributed by atoms with Crippen molar-refractivity contribution < 1.29 is 4.79 Å². The molecule has 0 spiro atoms. The second-order valence-electron chi connectivity index (χ2n) is 3.60. The Bertz CT molecular complexity index is 576. The van der Waals surface area contributed by atoms with Crippen molar-refractivity contribution in [2.24, 2.45) is 0 Å². The van der Waals surface area contributed by atoms with Crippen molar-refractivity contribution in [3.05, 3.63) is 41.1 Å². The first-order valence-electron chi connectivity index (χ1n) is 5.40. The van der Waals surface area contributed by atoms with Crippen LogP contribution in [0.15, 0.2) is 46.0 Å². The molecule has 5 nitrogen and oxygen atoms in total. The number of hydrogen-bond donors (Lipinski definition) is 2. The summed E-state index contributed by atoms with van der Waals surface area (Å²) in [5.41, 5.74) is 6.46. The minimum Gasteiger partial charge on any atom is -0.398 e. The highest BCUT2D eigenvalue weighted by atomic mass is 79.9. The Labute approximate surface area is 123 Å². The van der Waals surface area contributed by atoms with E-state index in [9.17, 15) is 4.79 Å². The third-order valence-electron chi connectivity index (χ3n) is 2.15. The smallest absolute Gasteiger partial charge is 0.237 e. The summed E-state index contributed by atoms with van der Waals surface area (Å²) in [5, 5.41) is 2.62. The van der Waals surface area contributed by atoms with E-state index in [1.165, 1.54) is 11.8 Å². The number of aromatic nitrogens is 2. The van der Waals surface area contributed by atoms with Crippen LogP contribution in [0.3, 0.4) is 0 Å². The molecule has 0 aliphatic carbocycles. The van der Waals surface area contributed by atoms with Crippen molar-refractivity contribution in [1.82, 2.24) is 9.97 Å². The van der Waals surface area contributed by atoms with Crippen molar-refractivity contribution >= 4 is 45.2 Å². The number of anilines is 2. The predicted octanol–water partition coefficient (Wildman–Crippen LogP) is 2.55. The van der Waals surface area contributed by atoms with E-state index in [1.54, 1.807) is 18.5 Å². The van der Waals surface area contributed by atoms with Gasteiger partial charge in [0.25, 0.3) is 0 Å². The molecular formula is C12H11BrN4OS. The highest BCUT2D eigenvalue weighted by Gasteiger charge is 2.06. The highest BCUT2D eigenvalue weighted by molar-refractivity contribution is 9.10. The fourth-order valence-corrected chi connectivity index (χ4v) is 2.27. The number of nitrogens with zero attached hydrogens (tertiary/aromatic N) is 2. The summed E-state index contributed by atoms with van der Waals surface area (Å²) in [4.78, 5) is 20.5. The molecule has 2 aromatic rings. The van der Waals surface area contributed by atoms with E-state index >= 15 is 0 Å². The standard InChI is InChI=1S/C12H11BrN4OS/c13-8-5-15-12(16-6-8)17-11(18)7-19-10-4-2-1-3-9(10)14/h1-6H,7,14H2,(H,15,16,17,18). The number of amides is 1. The van der Waals surface area contributed by atoms with Crippen LogP contribution >= 0.6 is 27.7 Å². The van der Waals surface area contributed by atoms with E-state index in [1.807, 2.05) is 18.2 Å². The number of carbonyl (C=O) groups is 1. The van der Waals surface area contributed by atoms with Gasteiger partial charge < -0.3 is 5.73 Å². The first kappa shape index (κ1) is 13.8. The fourth-order valence-electron chi connectivity index (χ4n) is 1.29. The lowest BCUT2D eigenvalue weighted by Crippen LogP contribution is -2.16. The van der Waals surface area contributed by atoms with Gasteiger partial charge in [-0.3, -0.25) is 10.1 Å². The predicted molar refractivity (Wildman–Crippen MR) is 79.9 cm³/mol. The van der Waals surface area contributed by atoms with Gasteiger partial charge in [0.05, 0.1) is 10.2 Å². The quantitative estimate of drug-likeness (QED) is 0.661. The number of nitrogens with one attached hydrogen (secondary N) is 1. The number of carbonyl (C=O) groups excluding carboxylic acids is 1. The average molecular weight is 339 g/mol. The van der Waals surface area contributed by atoms with E-state index in [4.69, 9.17) is 5.73 Å². The van der Waals surface area contributed by atoms with Crippen LogP contribution in [0.1, 0.15) is 0 Å². The maximum atomic E-state index is 11.7. The second-order valence-corrected chi connectivity index (χ2v) is 5.53. The monoisotopic (exact) mass is 338 g/mol. The lowest BCUT2D eigenvalue weighted by Gasteiger charge is -2.05. The maximum Gasteiger partial charge on any atom is 0.237 e. The molecule has 7 heteroatoms. The van der Waals surface area contributed by atoms with Crippen LogP contribution in [0.5, 0.6) is 0 Å². The third-order valence-corrected chi connectivity index (χ3v) is 3.65. The normalized spacial score (nSPS) is 10.2. The number of para-hydroxylation sites is 1. The summed E-state index contributed by atoms with van der Waals surface area (Å²) in [7, 11) is 0. The largest absolute Gasteiger partial charge is 0.398 e. The van der Waals surface area contributed by atoms with Gasteiger partial charge in [-0.05, 0) is 28.1 Å². The molecule has 1 heterocycles. The Kier molecular flexibility index (Phi) is 4.75. The molecule has 19 heavy (non-hydrogen) atoms. The van der Waals surface area contributed by atoms with E-state index in [0.717, 1.165) is 9.37 Å². The van der Waals surface area contributed by atoms with Gasteiger partial charge in [0.15, 0.2) is 0 Å². The topological polar surface area (TPSA) is 80.9 Å². The van der Waals surface area contributed by atoms with Crippen LogP contribution in [-0.2, 0) is 4.79 Å². The average Bonchev–Trinajstić information content (AvgIpc) is 2.40. The molecule has 0 saturated carbocycles. The molecule has 2 rings (SSSR count). The van der Waals surface area contributed by atoms with Crippen molar-refractivity contribution in [2.75, 3.05) is 16.8 Å². The Morgan fingerprint density at radius 2 is 2.00 bits per heavy atom. The SMILES string of the molecule is Nc1ccccc1SCC(=O)Nc1ncc(Br)cn1. The number of rotatable bonds is 4. The van der Waals surface area contributed by atoms with E-state index in [0.29, 0.717) is 5.69 Å². The van der Waals surface area contributed by atoms with Gasteiger partial charge in [-0.2, -0.15) is 0 Å². The number of halogens is 1. The number of nitrogen functional groups attached to an aromatic ring is 1. The Morgan fingerprint density at radius 3 is 2.68 bits per heavy atom. The number of nitrogens with two attached hydrogens (primary N) is 1. The van der Waals surface area contributed by atoms with Gasteiger partial charge >= 0.3 is 0 Å². The lowest BCUT2D eigenvalue weighted by atomic mass is 10.3. The van der Waals surface area contributed by atoms with E-state index in [-0.39, 0.29) is 17.6 Å². The molecule has 0 aliphatic rings. The lowest BCUT2D eigenvalue weighted by molar-refractivity contribution is -0.113. The van der Waals surface area contributed by atoms with Gasteiger partial charge in [-0.25, -0.2) is 9.97 Å². The highest BCUT2D eigenvalue weighted by Crippen LogP contribution is 2.24. The van der Waals surface area contributed by atoms with Gasteiger partial charge in [0.1, 0.15) is 0 Å². The van der Waals surface area contributed by atoms with E-state index < -0.39 is 0 Å². The van der Waals surface area contributed by atoms with Crippen LogP contribution in [0, 0.1) is 0 Å². The molecule has 98 valence electrons. The molecule has 0 unspecified atom stereocenters. The molecular weight excluding hydrogens is 328 g/mol. The molecule has 0 bridgehead atoms. The molecule has 0 aliphatic heterocycles. The van der Waals surface area contributed by atoms with Gasteiger partial charge in [-0.15, -0.1) is 11.8 Å². The summed E-state index contributed by atoms with van der Waals surface area (Å²) in [6.07, 6.45) is 3.15. The van der Waals surface area contributed by atoms with Crippen LogP contribution in [0.2, 0.25) is 0 Å². The Hall–Kier alpha value is -1.60. The van der Waals surface area contributed by atoms with Gasteiger partial charge in [0.2, 0.25) is 11.9 Å². The van der Waals surface area contributed by atoms with Crippen molar-refractivity contribution in [3.8, 4) is 0 Å². The molecule has 1 amide bonds. The van der Waals surface area contributed by atoms with Crippen LogP contribution < -0.4 is 11.1 Å². The van der Waals surface area contributed by atoms with Crippen molar-refractivity contribution in [3.63, 3.8) is 0 Å². The summed E-state index contributed by atoms with van der Waals surface area (Å²) in [6, 6.07) is 7.42. The van der Waals surface area contributed by atoms with Gasteiger partial charge in [-0.1, -0.05) is 12.1 Å². The number of benzene rings is 1. The Balaban J connectivity index is 1.88. The minimum absolute atomic E-state index is 0.171. The first-order chi connectivity index (χ1) is 9.15.